The molecule has 1 aromatic heterocycles. The van der Waals surface area contributed by atoms with Gasteiger partial charge in [0.25, 0.3) is 5.91 Å². The van der Waals surface area contributed by atoms with Gasteiger partial charge in [-0.25, -0.2) is 4.98 Å². The van der Waals surface area contributed by atoms with Gasteiger partial charge in [-0.3, -0.25) is 10.5 Å². The summed E-state index contributed by atoms with van der Waals surface area (Å²) >= 11 is 0. The van der Waals surface area contributed by atoms with Gasteiger partial charge in [0, 0.05) is 13.2 Å². The normalized spacial score (nSPS) is 19.3. The van der Waals surface area contributed by atoms with Crippen LogP contribution < -0.4 is 16.4 Å². The number of hydrogen-bond acceptors (Lipinski definition) is 5. The highest BCUT2D eigenvalue weighted by atomic mass is 16.3. The molecule has 2 rings (SSSR count). The molecule has 0 bridgehead atoms. The Kier molecular flexibility index (Phi) is 2.57. The third-order valence-corrected chi connectivity index (χ3v) is 2.19. The van der Waals surface area contributed by atoms with Crippen LogP contribution in [0.2, 0.25) is 0 Å². The van der Waals surface area contributed by atoms with Gasteiger partial charge in [0.15, 0.2) is 12.0 Å². The third kappa shape index (κ3) is 1.79. The predicted molar refractivity (Wildman–Crippen MR) is 53.0 cm³/mol. The maximum Gasteiger partial charge on any atom is 0.276 e. The summed E-state index contributed by atoms with van der Waals surface area (Å²) in [6.07, 6.45) is 1.58. The standard InChI is InChI=1S/C8H13N5O2/c9-8-11-6-5(7(15)12-8)10-4-13(6)2-1-3-14/h4,8,11,14H,1-3,9H2,(H,12,15). The fourth-order valence-corrected chi connectivity index (χ4v) is 1.50. The Hall–Kier alpha value is -1.60. The van der Waals surface area contributed by atoms with E-state index >= 15 is 0 Å². The van der Waals surface area contributed by atoms with Crippen LogP contribution in [0.1, 0.15) is 16.9 Å². The Labute approximate surface area is 86.3 Å². The molecule has 1 amide bonds. The van der Waals surface area contributed by atoms with Crippen molar-refractivity contribution in [2.45, 2.75) is 19.3 Å². The van der Waals surface area contributed by atoms with Crippen LogP contribution in [0.3, 0.4) is 0 Å². The number of aliphatic hydroxyl groups excluding tert-OH is 1. The number of fused-ring (bicyclic) bond motifs is 1. The summed E-state index contributed by atoms with van der Waals surface area (Å²) in [5, 5.41) is 14.1. The summed E-state index contributed by atoms with van der Waals surface area (Å²) < 4.78 is 1.77. The van der Waals surface area contributed by atoms with Gasteiger partial charge in [-0.1, -0.05) is 0 Å². The second-order valence-corrected chi connectivity index (χ2v) is 3.31. The number of aliphatic hydroxyl groups is 1. The molecule has 0 fully saturated rings. The van der Waals surface area contributed by atoms with Crippen LogP contribution in [-0.4, -0.2) is 33.5 Å². The second-order valence-electron chi connectivity index (χ2n) is 3.31. The molecule has 0 spiro atoms. The molecule has 5 N–H and O–H groups in total. The first-order valence-electron chi connectivity index (χ1n) is 4.71. The second kappa shape index (κ2) is 3.87. The SMILES string of the molecule is NC1NC(=O)c2ncn(CCCO)c2N1. The van der Waals surface area contributed by atoms with E-state index in [4.69, 9.17) is 10.8 Å². The lowest BCUT2D eigenvalue weighted by Gasteiger charge is -2.22. The van der Waals surface area contributed by atoms with E-state index in [0.717, 1.165) is 0 Å². The van der Waals surface area contributed by atoms with Crippen molar-refractivity contribution in [2.75, 3.05) is 11.9 Å². The Morgan fingerprint density at radius 3 is 3.13 bits per heavy atom. The van der Waals surface area contributed by atoms with E-state index in [0.29, 0.717) is 24.5 Å². The lowest BCUT2D eigenvalue weighted by Crippen LogP contribution is -2.51. The molecule has 1 aliphatic rings. The van der Waals surface area contributed by atoms with Crippen molar-refractivity contribution in [2.24, 2.45) is 5.73 Å². The first-order chi connectivity index (χ1) is 7.22. The molecular formula is C8H13N5O2. The highest BCUT2D eigenvalue weighted by Crippen LogP contribution is 2.18. The van der Waals surface area contributed by atoms with Gasteiger partial charge >= 0.3 is 0 Å². The van der Waals surface area contributed by atoms with Crippen LogP contribution >= 0.6 is 0 Å². The van der Waals surface area contributed by atoms with E-state index in [9.17, 15) is 4.79 Å². The average Bonchev–Trinajstić information content (AvgIpc) is 2.58. The number of imidazole rings is 1. The summed E-state index contributed by atoms with van der Waals surface area (Å²) in [5.41, 5.74) is 5.91. The van der Waals surface area contributed by atoms with Gasteiger partial charge < -0.3 is 20.3 Å². The van der Waals surface area contributed by atoms with E-state index in [1.807, 2.05) is 0 Å². The Balaban J connectivity index is 2.25. The number of carbonyl (C=O) groups excluding carboxylic acids is 1. The van der Waals surface area contributed by atoms with Crippen LogP contribution in [0.25, 0.3) is 0 Å². The number of nitrogens with two attached hydrogens (primary N) is 1. The molecule has 15 heavy (non-hydrogen) atoms. The van der Waals surface area contributed by atoms with Crippen molar-refractivity contribution < 1.29 is 9.90 Å². The molecule has 0 aliphatic carbocycles. The fourth-order valence-electron chi connectivity index (χ4n) is 1.50. The topological polar surface area (TPSA) is 105 Å². The molecule has 1 aromatic rings. The van der Waals surface area contributed by atoms with Crippen molar-refractivity contribution in [3.8, 4) is 0 Å². The van der Waals surface area contributed by atoms with E-state index < -0.39 is 6.29 Å². The van der Waals surface area contributed by atoms with Crippen molar-refractivity contribution in [3.05, 3.63) is 12.0 Å². The molecule has 2 heterocycles. The van der Waals surface area contributed by atoms with E-state index in [1.165, 1.54) is 0 Å². The molecule has 0 radical (unpaired) electrons. The summed E-state index contributed by atoms with van der Waals surface area (Å²) in [6.45, 7) is 0.705. The maximum atomic E-state index is 11.4. The fraction of sp³-hybridized carbons (Fsp3) is 0.500. The van der Waals surface area contributed by atoms with Gasteiger partial charge in [-0.15, -0.1) is 0 Å². The summed E-state index contributed by atoms with van der Waals surface area (Å²) in [6, 6.07) is 0. The quantitative estimate of drug-likeness (QED) is 0.495. The number of nitrogens with one attached hydrogen (secondary N) is 2. The Morgan fingerprint density at radius 2 is 2.40 bits per heavy atom. The highest BCUT2D eigenvalue weighted by Gasteiger charge is 2.25. The molecule has 0 aromatic carbocycles. The molecule has 0 saturated carbocycles. The minimum absolute atomic E-state index is 0.102. The van der Waals surface area contributed by atoms with E-state index in [2.05, 4.69) is 15.6 Å². The smallest absolute Gasteiger partial charge is 0.276 e. The van der Waals surface area contributed by atoms with Crippen LogP contribution in [0.4, 0.5) is 5.82 Å². The first kappa shape index (κ1) is 9.94. The molecule has 1 aliphatic heterocycles. The number of amides is 1. The molecule has 7 heteroatoms. The van der Waals surface area contributed by atoms with Crippen LogP contribution in [-0.2, 0) is 6.54 Å². The minimum Gasteiger partial charge on any atom is -0.396 e. The van der Waals surface area contributed by atoms with Gasteiger partial charge in [-0.05, 0) is 6.42 Å². The average molecular weight is 211 g/mol. The van der Waals surface area contributed by atoms with E-state index in [1.54, 1.807) is 10.9 Å². The Morgan fingerprint density at radius 1 is 1.60 bits per heavy atom. The number of aromatic nitrogens is 2. The van der Waals surface area contributed by atoms with Gasteiger partial charge in [0.1, 0.15) is 5.82 Å². The van der Waals surface area contributed by atoms with Crippen LogP contribution in [0.5, 0.6) is 0 Å². The largest absolute Gasteiger partial charge is 0.396 e. The lowest BCUT2D eigenvalue weighted by atomic mass is 10.3. The zero-order chi connectivity index (χ0) is 10.8. The number of anilines is 1. The highest BCUT2D eigenvalue weighted by molar-refractivity contribution is 5.98. The number of carbonyl (C=O) groups is 1. The number of aryl methyl sites for hydroxylation is 1. The predicted octanol–water partition coefficient (Wildman–Crippen LogP) is -1.34. The number of nitrogens with zero attached hydrogens (tertiary/aromatic N) is 2. The van der Waals surface area contributed by atoms with Gasteiger partial charge in [0.2, 0.25) is 0 Å². The first-order valence-corrected chi connectivity index (χ1v) is 4.71. The zero-order valence-electron chi connectivity index (χ0n) is 8.10. The third-order valence-electron chi connectivity index (χ3n) is 2.19. The maximum absolute atomic E-state index is 11.4. The van der Waals surface area contributed by atoms with Crippen LogP contribution in [0.15, 0.2) is 6.33 Å². The minimum atomic E-state index is -0.588. The number of hydrogen-bond donors (Lipinski definition) is 4. The summed E-state index contributed by atoms with van der Waals surface area (Å²) in [4.78, 5) is 15.4. The molecule has 1 atom stereocenters. The van der Waals surface area contributed by atoms with Crippen molar-refractivity contribution in [3.63, 3.8) is 0 Å². The van der Waals surface area contributed by atoms with Gasteiger partial charge in [0.05, 0.1) is 6.33 Å². The summed E-state index contributed by atoms with van der Waals surface area (Å²) in [5.74, 6) is 0.332. The molecule has 7 nitrogen and oxygen atoms in total. The van der Waals surface area contributed by atoms with Gasteiger partial charge in [-0.2, -0.15) is 0 Å². The van der Waals surface area contributed by atoms with Crippen LogP contribution in [0, 0.1) is 0 Å². The Bertz CT molecular complexity index is 375. The number of rotatable bonds is 3. The molecule has 1 unspecified atom stereocenters. The molecule has 0 saturated heterocycles. The van der Waals surface area contributed by atoms with Crippen molar-refractivity contribution in [1.82, 2.24) is 14.9 Å². The summed E-state index contributed by atoms with van der Waals surface area (Å²) in [7, 11) is 0. The van der Waals surface area contributed by atoms with Crippen molar-refractivity contribution in [1.29, 1.82) is 0 Å². The molecular weight excluding hydrogens is 198 g/mol. The zero-order valence-corrected chi connectivity index (χ0v) is 8.10. The van der Waals surface area contributed by atoms with Crippen molar-refractivity contribution >= 4 is 11.7 Å². The lowest BCUT2D eigenvalue weighted by molar-refractivity contribution is 0.0932. The monoisotopic (exact) mass is 211 g/mol. The van der Waals surface area contributed by atoms with E-state index in [-0.39, 0.29) is 12.5 Å². The molecule has 82 valence electrons.